The van der Waals surface area contributed by atoms with E-state index in [-0.39, 0.29) is 94.7 Å². The number of hydrogen-bond acceptors (Lipinski definition) is 28. The molecule has 7 aromatic carbocycles. The number of carboxylic acids is 2. The van der Waals surface area contributed by atoms with Gasteiger partial charge in [0, 0.05) is 151 Å². The van der Waals surface area contributed by atoms with Crippen molar-refractivity contribution in [3.05, 3.63) is 296 Å². The van der Waals surface area contributed by atoms with Gasteiger partial charge in [-0.15, -0.1) is 0 Å². The van der Waals surface area contributed by atoms with Crippen LogP contribution in [0.5, 0.6) is 5.75 Å². The number of ether oxygens (including phenoxy) is 1. The van der Waals surface area contributed by atoms with Crippen molar-refractivity contribution in [2.75, 3.05) is 66.5 Å². The van der Waals surface area contributed by atoms with Crippen molar-refractivity contribution >= 4 is 167 Å². The monoisotopic (exact) mass is 2110 g/mol. The molecular formula is C108H116BCl3FN17O18S. The predicted octanol–water partition coefficient (Wildman–Crippen LogP) is 17.5. The number of Topliss-reactive ketones (excluding diaryl/α,β-unsaturated/α-hetero) is 2. The van der Waals surface area contributed by atoms with Gasteiger partial charge in [-0.25, -0.2) is 44.2 Å². The smallest absolute Gasteiger partial charge is 0.508 e. The molecule has 149 heavy (non-hydrogen) atoms. The summed E-state index contributed by atoms with van der Waals surface area (Å²) in [7, 11) is -3.98. The number of pyridine rings is 2. The maximum atomic E-state index is 13.5. The van der Waals surface area contributed by atoms with Gasteiger partial charge in [-0.2, -0.15) is 8.42 Å². The molecule has 2 unspecified atom stereocenters. The van der Waals surface area contributed by atoms with E-state index in [1.807, 2.05) is 115 Å². The van der Waals surface area contributed by atoms with Crippen LogP contribution in [0.2, 0.25) is 15.1 Å². The number of rotatable bonds is 33. The van der Waals surface area contributed by atoms with E-state index < -0.39 is 88.9 Å². The number of piperidine rings is 1. The van der Waals surface area contributed by atoms with Gasteiger partial charge in [-0.05, 0) is 206 Å². The van der Waals surface area contributed by atoms with Crippen molar-refractivity contribution in [2.45, 2.75) is 185 Å². The van der Waals surface area contributed by atoms with Gasteiger partial charge in [0.1, 0.15) is 52.9 Å². The Morgan fingerprint density at radius 2 is 1.54 bits per heavy atom. The van der Waals surface area contributed by atoms with Crippen LogP contribution >= 0.6 is 34.8 Å². The van der Waals surface area contributed by atoms with Crippen LogP contribution in [0.3, 0.4) is 0 Å². The summed E-state index contributed by atoms with van der Waals surface area (Å²) in [6, 6.07) is 48.1. The zero-order valence-electron chi connectivity index (χ0n) is 82.9. The van der Waals surface area contributed by atoms with Gasteiger partial charge in [-0.1, -0.05) is 137 Å². The number of carbonyl (C=O) groups is 8. The number of allylic oxidation sites excluding steroid dienone is 1. The fourth-order valence-corrected chi connectivity index (χ4v) is 20.2. The molecule has 2 aliphatic carbocycles. The number of nitrogens with zero attached hydrogens (tertiary/aromatic N) is 10. The average Bonchev–Trinajstić information content (AvgIpc) is 1.46. The van der Waals surface area contributed by atoms with Crippen LogP contribution in [0.15, 0.2) is 220 Å². The van der Waals surface area contributed by atoms with Crippen molar-refractivity contribution < 1.29 is 89.8 Å². The second kappa shape index (κ2) is 48.9. The number of methoxy groups -OCH3 is 1. The summed E-state index contributed by atoms with van der Waals surface area (Å²) in [5.41, 5.74) is 9.56. The molecule has 0 radical (unpaired) electrons. The minimum Gasteiger partial charge on any atom is -0.508 e. The second-order valence-corrected chi connectivity index (χ2v) is 41.0. The number of carbonyl (C=O) groups excluding carboxylic acids is 6. The summed E-state index contributed by atoms with van der Waals surface area (Å²) in [5, 5.41) is 68.3. The summed E-state index contributed by atoms with van der Waals surface area (Å²) in [6.07, 6.45) is 22.8. The Bertz CT molecular complexity index is 7270. The quantitative estimate of drug-likeness (QED) is 0.0103. The van der Waals surface area contributed by atoms with Crippen LogP contribution in [0.4, 0.5) is 38.9 Å². The first-order valence-electron chi connectivity index (χ1n) is 49.0. The summed E-state index contributed by atoms with van der Waals surface area (Å²) in [6.45, 7) is 15.0. The van der Waals surface area contributed by atoms with Gasteiger partial charge in [0.15, 0.2) is 23.0 Å². The summed E-state index contributed by atoms with van der Waals surface area (Å²) >= 11 is 17.8. The molecule has 2 saturated heterocycles. The number of imidazole rings is 1. The van der Waals surface area contributed by atoms with E-state index >= 15 is 0 Å². The first-order valence-corrected chi connectivity index (χ1v) is 51.6. The molecule has 19 rings (SSSR count). The van der Waals surface area contributed by atoms with Crippen LogP contribution in [0.25, 0.3) is 32.7 Å². The highest BCUT2D eigenvalue weighted by Crippen LogP contribution is 2.44. The van der Waals surface area contributed by atoms with Gasteiger partial charge in [-0.3, -0.25) is 47.6 Å². The normalized spacial score (nSPS) is 18.6. The van der Waals surface area contributed by atoms with Gasteiger partial charge >= 0.3 is 29.4 Å². The Hall–Kier alpha value is -14.1. The Labute approximate surface area is 875 Å². The average molecular weight is 2110 g/mol. The lowest BCUT2D eigenvalue weighted by atomic mass is 9.70. The third kappa shape index (κ3) is 27.7. The predicted molar refractivity (Wildman–Crippen MR) is 566 cm³/mol. The lowest BCUT2D eigenvalue weighted by molar-refractivity contribution is -0.175. The molecule has 1 saturated carbocycles. The molecule has 0 bridgehead atoms. The zero-order valence-corrected chi connectivity index (χ0v) is 85.9. The number of hydrogen-bond donors (Lipinski definition) is 11. The number of halogens is 4. The van der Waals surface area contributed by atoms with Crippen molar-refractivity contribution in [1.82, 2.24) is 54.2 Å². The lowest BCUT2D eigenvalue weighted by Crippen LogP contribution is -2.61. The Balaban J connectivity index is 0.000000140. The number of aliphatic hydroxyl groups is 2. The minimum absolute atomic E-state index is 0.00124. The van der Waals surface area contributed by atoms with Crippen LogP contribution in [0.1, 0.15) is 200 Å². The molecule has 4 aliphatic heterocycles. The molecule has 0 spiro atoms. The van der Waals surface area contributed by atoms with Gasteiger partial charge in [0.25, 0.3) is 11.9 Å². The van der Waals surface area contributed by atoms with Crippen LogP contribution in [-0.4, -0.2) is 189 Å². The van der Waals surface area contributed by atoms with E-state index in [1.165, 1.54) is 72.6 Å². The van der Waals surface area contributed by atoms with Gasteiger partial charge in [0.05, 0.1) is 89.4 Å². The largest absolute Gasteiger partial charge is 0.552 e. The topological polar surface area (TPSA) is 490 Å². The summed E-state index contributed by atoms with van der Waals surface area (Å²) in [5.74, 6) is -4.46. The van der Waals surface area contributed by atoms with Crippen LogP contribution in [-0.2, 0) is 84.7 Å². The number of aliphatic carboxylic acids is 2. The van der Waals surface area contributed by atoms with Crippen LogP contribution < -0.4 is 41.8 Å². The van der Waals surface area contributed by atoms with E-state index in [2.05, 4.69) is 116 Å². The van der Waals surface area contributed by atoms with E-state index in [0.717, 1.165) is 118 Å². The fraction of sp³-hybridized carbons (Fsp3) is 0.343. The van der Waals surface area contributed by atoms with E-state index in [4.69, 9.17) is 63.3 Å². The number of likely N-dealkylation sites (tertiary alicyclic amines) is 1. The van der Waals surface area contributed by atoms with Crippen LogP contribution in [0, 0.1) is 17.7 Å². The molecule has 6 aromatic heterocycles. The lowest BCUT2D eigenvalue weighted by Gasteiger charge is -2.37. The molecule has 41 heteroatoms. The first kappa shape index (κ1) is 109. The number of aliphatic hydroxyl groups excluding tert-OH is 1. The number of carboxylic acid groups (broad SMARTS) is 2. The number of ketones is 3. The number of nitrogens with two attached hydrogens (primary N) is 1. The third-order valence-corrected chi connectivity index (χ3v) is 28.3. The Morgan fingerprint density at radius 3 is 2.30 bits per heavy atom. The molecule has 3 fully saturated rings. The summed E-state index contributed by atoms with van der Waals surface area (Å²) in [4.78, 5) is 130. The van der Waals surface area contributed by atoms with Gasteiger partial charge < -0.3 is 75.5 Å². The molecule has 35 nitrogen and oxygen atoms in total. The van der Waals surface area contributed by atoms with E-state index in [0.29, 0.717) is 71.4 Å². The molecule has 2 amide bonds. The van der Waals surface area contributed by atoms with Crippen molar-refractivity contribution in [2.24, 2.45) is 17.0 Å². The molecule has 7 atom stereocenters. The Kier molecular flexibility index (Phi) is 35.8. The molecule has 778 valence electrons. The Morgan fingerprint density at radius 1 is 0.772 bits per heavy atom. The van der Waals surface area contributed by atoms with Crippen molar-refractivity contribution in [1.29, 1.82) is 0 Å². The number of aromatic nitrogens is 9. The standard InChI is InChI=1S/C25H26ClFN4O2.C22H23N5O.C21H24BCl2NO9.C21H25N5O4S.C19H18N2O2/c1-33-24-15-23-20(25(29-16-28-23)30-18-7-8-22(27)21(26)14-18)13-17(24)12-19(32)6-5-11-31-9-3-2-4-10-31;1-22(2)14-26-19-12-16(5-6-18(19)22)27-21(28)17-4-3-9-24-20(17)25-13-15-7-10-23-11-8-15;1-11(2)7-16(22-33-19(30)10-21(34-22,20(31)32)9-18(28)29)25-17(27)6-5-15(26)13-8-12(23)3-4-14(13)24;22-31(28,29)30-11-14-9-15(10-19(14)27)26-8-7-17-20(23-12-24-21(17)26)25-18-6-5-13-3-1-2-4-16(13)18;1-2-17(22)15-4-3-14-10-16(6-5-13(14)9-15)19(23)7-8-21-12-20-11-18(19)21/h5-8,13-16H,2-4,9-12H2,1H3,(H,28,29,30);3-12,26H,13-14H2,1-2H3,(H,24,25)(H,27,28);3-4,8,11,16H,5-7,9-10H2,1-2H3,(H,25,27)(H,28,29)(H,31,32);1-4,7-8,12,14-15,18-19,27H,5-6,9-11H2,(H2,22,28,29)(H,23,24,25);3-6,9-12,23H,2,7-8H2,1H3/b6-5+;;;;/t;;16-,21?;14-,15+,18-,19-;/m..00./s1. The highest BCUT2D eigenvalue weighted by molar-refractivity contribution is 7.84. The van der Waals surface area contributed by atoms with Crippen molar-refractivity contribution in [3.8, 4) is 5.75 Å². The molecule has 6 aliphatic rings. The van der Waals surface area contributed by atoms with E-state index in [1.54, 1.807) is 74.9 Å². The number of fused-ring (bicyclic) bond motifs is 6. The third-order valence-electron chi connectivity index (χ3n) is 27.0. The van der Waals surface area contributed by atoms with Crippen molar-refractivity contribution in [3.63, 3.8) is 0 Å². The molecule has 10 heterocycles. The number of nitrogens with one attached hydrogen (secondary N) is 6. The number of amides is 2. The molecule has 13 aromatic rings. The maximum absolute atomic E-state index is 13.5. The van der Waals surface area contributed by atoms with E-state index in [9.17, 15) is 66.5 Å². The fourth-order valence-electron chi connectivity index (χ4n) is 19.2. The zero-order chi connectivity index (χ0) is 106. The second-order valence-electron chi connectivity index (χ2n) is 38.5. The SMILES string of the molecule is CC(C)C[C@H](NC(=O)CCC(=O)c1cc(Cl)ccc1Cl)B1OC(=O)CC(CC(=O)O)(C(=O)O)O1.CC1(C)CNc2cc(NC(=O)c3cccnc3NCc3ccncc3)ccc21.CCC(=O)c1ccc2cc(C3(O)CCn4cncc43)ccc2c1.COc1cc2ncnc(Nc3ccc(F)c(Cl)c3)c2cc1CC(=O)/C=C/CN1CCCCC1.NS(=O)(=O)OC[C@@H]1C[C@@H](n2ccc3c(N[C@H]4CCc5ccccc54)ncnc32)C[C@@H]1O. The first-order chi connectivity index (χ1) is 71.4. The maximum Gasteiger partial charge on any atom is 0.552 e. The highest BCUT2D eigenvalue weighted by atomic mass is 35.5. The number of anilines is 6. The number of aryl methyl sites for hydroxylation is 2. The highest BCUT2D eigenvalue weighted by Gasteiger charge is 2.55. The molecular weight excluding hydrogens is 1990 g/mol. The molecule has 12 N–H and O–H groups in total. The summed E-state index contributed by atoms with van der Waals surface area (Å²) < 4.78 is 60.5. The minimum atomic E-state index is -4.03. The van der Waals surface area contributed by atoms with Gasteiger partial charge in [0.2, 0.25) is 5.91 Å². The number of benzene rings is 7.